The topological polar surface area (TPSA) is 24.9 Å². The summed E-state index contributed by atoms with van der Waals surface area (Å²) < 4.78 is 0. The standard InChI is InChI=1S/C14H18N2/c1-2-14(10-15-5-1)13-4-3-11-6-12(7-13)9-16-8-11/h1-2,4-5,10-12,16H,3,6-9H2. The molecule has 0 aromatic carbocycles. The van der Waals surface area contributed by atoms with Crippen molar-refractivity contribution in [3.8, 4) is 0 Å². The minimum Gasteiger partial charge on any atom is -0.316 e. The van der Waals surface area contributed by atoms with Gasteiger partial charge in [0.1, 0.15) is 0 Å². The van der Waals surface area contributed by atoms with Crippen molar-refractivity contribution in [2.24, 2.45) is 11.8 Å². The number of rotatable bonds is 1. The van der Waals surface area contributed by atoms with Gasteiger partial charge < -0.3 is 5.32 Å². The normalized spacial score (nSPS) is 29.4. The summed E-state index contributed by atoms with van der Waals surface area (Å²) in [6.45, 7) is 2.39. The van der Waals surface area contributed by atoms with Crippen LogP contribution in [0.2, 0.25) is 0 Å². The lowest BCUT2D eigenvalue weighted by Crippen LogP contribution is -2.35. The summed E-state index contributed by atoms with van der Waals surface area (Å²) in [5.74, 6) is 1.68. The number of hydrogen-bond donors (Lipinski definition) is 1. The molecule has 1 fully saturated rings. The smallest absolute Gasteiger partial charge is 0.0342 e. The Balaban J connectivity index is 1.85. The van der Waals surface area contributed by atoms with Crippen LogP contribution in [0.4, 0.5) is 0 Å². The molecule has 0 saturated carbocycles. The van der Waals surface area contributed by atoms with Crippen molar-refractivity contribution in [1.29, 1.82) is 0 Å². The monoisotopic (exact) mass is 214 g/mol. The van der Waals surface area contributed by atoms with Crippen molar-refractivity contribution in [2.75, 3.05) is 13.1 Å². The number of fused-ring (bicyclic) bond motifs is 2. The minimum absolute atomic E-state index is 0.827. The summed E-state index contributed by atoms with van der Waals surface area (Å²) >= 11 is 0. The highest BCUT2D eigenvalue weighted by atomic mass is 14.9. The van der Waals surface area contributed by atoms with E-state index in [0.29, 0.717) is 0 Å². The minimum atomic E-state index is 0.827. The molecule has 2 heteroatoms. The lowest BCUT2D eigenvalue weighted by molar-refractivity contribution is 0.298. The highest BCUT2D eigenvalue weighted by Crippen LogP contribution is 2.33. The quantitative estimate of drug-likeness (QED) is 0.777. The molecule has 2 bridgehead atoms. The predicted octanol–water partition coefficient (Wildman–Crippen LogP) is 2.48. The molecular weight excluding hydrogens is 196 g/mol. The zero-order valence-corrected chi connectivity index (χ0v) is 9.52. The van der Waals surface area contributed by atoms with Gasteiger partial charge in [-0.25, -0.2) is 0 Å². The molecule has 2 heterocycles. The van der Waals surface area contributed by atoms with Gasteiger partial charge in [0, 0.05) is 12.4 Å². The van der Waals surface area contributed by atoms with E-state index in [-0.39, 0.29) is 0 Å². The molecule has 1 aromatic heterocycles. The fourth-order valence-electron chi connectivity index (χ4n) is 2.96. The zero-order chi connectivity index (χ0) is 10.8. The highest BCUT2D eigenvalue weighted by Gasteiger charge is 2.25. The van der Waals surface area contributed by atoms with Gasteiger partial charge in [0.2, 0.25) is 0 Å². The average Bonchev–Trinajstić information content (AvgIpc) is 2.49. The second kappa shape index (κ2) is 4.38. The first kappa shape index (κ1) is 10.0. The number of hydrogen-bond acceptors (Lipinski definition) is 2. The Morgan fingerprint density at radius 1 is 1.25 bits per heavy atom. The fourth-order valence-corrected chi connectivity index (χ4v) is 2.96. The molecule has 1 aromatic rings. The van der Waals surface area contributed by atoms with Gasteiger partial charge in [-0.1, -0.05) is 12.1 Å². The first-order valence-electron chi connectivity index (χ1n) is 6.22. The third-order valence-corrected chi connectivity index (χ3v) is 3.77. The summed E-state index contributed by atoms with van der Waals surface area (Å²) in [5.41, 5.74) is 2.82. The maximum atomic E-state index is 4.22. The van der Waals surface area contributed by atoms with E-state index >= 15 is 0 Å². The van der Waals surface area contributed by atoms with Crippen LogP contribution in [0.1, 0.15) is 24.8 Å². The Bertz CT molecular complexity index is 383. The SMILES string of the molecule is C1=C(c2cccnc2)CC2CNCC(C1)C2. The van der Waals surface area contributed by atoms with Gasteiger partial charge in [-0.2, -0.15) is 0 Å². The Hall–Kier alpha value is -1.15. The fraction of sp³-hybridized carbons (Fsp3) is 0.500. The molecule has 1 N–H and O–H groups in total. The molecule has 1 saturated heterocycles. The van der Waals surface area contributed by atoms with Crippen LogP contribution in [0.3, 0.4) is 0 Å². The number of pyridine rings is 1. The second-order valence-corrected chi connectivity index (χ2v) is 5.04. The van der Waals surface area contributed by atoms with Gasteiger partial charge in [-0.3, -0.25) is 4.98 Å². The van der Waals surface area contributed by atoms with Crippen molar-refractivity contribution >= 4 is 5.57 Å². The molecule has 1 aliphatic carbocycles. The van der Waals surface area contributed by atoms with E-state index in [2.05, 4.69) is 22.4 Å². The lowest BCUT2D eigenvalue weighted by atomic mass is 9.88. The van der Waals surface area contributed by atoms with E-state index in [1.807, 2.05) is 18.5 Å². The van der Waals surface area contributed by atoms with E-state index in [1.165, 1.54) is 43.5 Å². The second-order valence-electron chi connectivity index (χ2n) is 5.04. The van der Waals surface area contributed by atoms with Crippen LogP contribution in [0.15, 0.2) is 30.6 Å². The first-order chi connectivity index (χ1) is 7.92. The number of piperidine rings is 1. The number of allylic oxidation sites excluding steroid dienone is 2. The third-order valence-electron chi connectivity index (χ3n) is 3.77. The van der Waals surface area contributed by atoms with Gasteiger partial charge >= 0.3 is 0 Å². The summed E-state index contributed by atoms with van der Waals surface area (Å²) in [4.78, 5) is 4.22. The van der Waals surface area contributed by atoms with Crippen molar-refractivity contribution in [2.45, 2.75) is 19.3 Å². The lowest BCUT2D eigenvalue weighted by Gasteiger charge is -2.27. The highest BCUT2D eigenvalue weighted by molar-refractivity contribution is 5.65. The van der Waals surface area contributed by atoms with Gasteiger partial charge in [-0.05, 0) is 61.4 Å². The zero-order valence-electron chi connectivity index (χ0n) is 9.52. The Morgan fingerprint density at radius 3 is 3.06 bits per heavy atom. The average molecular weight is 214 g/mol. The van der Waals surface area contributed by atoms with Crippen molar-refractivity contribution in [3.05, 3.63) is 36.2 Å². The maximum absolute atomic E-state index is 4.22. The molecule has 2 unspecified atom stereocenters. The largest absolute Gasteiger partial charge is 0.316 e. The number of aromatic nitrogens is 1. The molecule has 16 heavy (non-hydrogen) atoms. The predicted molar refractivity (Wildman–Crippen MR) is 65.9 cm³/mol. The van der Waals surface area contributed by atoms with Crippen molar-refractivity contribution in [3.63, 3.8) is 0 Å². The van der Waals surface area contributed by atoms with Crippen molar-refractivity contribution in [1.82, 2.24) is 10.3 Å². The molecule has 2 aliphatic rings. The van der Waals surface area contributed by atoms with Crippen LogP contribution >= 0.6 is 0 Å². The molecule has 2 atom stereocenters. The molecule has 3 rings (SSSR count). The van der Waals surface area contributed by atoms with Crippen LogP contribution in [-0.2, 0) is 0 Å². The van der Waals surface area contributed by atoms with Crippen LogP contribution in [0, 0.1) is 11.8 Å². The Kier molecular flexibility index (Phi) is 2.75. The molecule has 2 nitrogen and oxygen atoms in total. The molecule has 0 spiro atoms. The Labute approximate surface area is 96.8 Å². The number of nitrogens with zero attached hydrogens (tertiary/aromatic N) is 1. The van der Waals surface area contributed by atoms with E-state index in [9.17, 15) is 0 Å². The van der Waals surface area contributed by atoms with Gasteiger partial charge in [0.15, 0.2) is 0 Å². The molecular formula is C14H18N2. The van der Waals surface area contributed by atoms with Gasteiger partial charge in [0.25, 0.3) is 0 Å². The van der Waals surface area contributed by atoms with Crippen LogP contribution in [-0.4, -0.2) is 18.1 Å². The summed E-state index contributed by atoms with van der Waals surface area (Å²) in [6.07, 6.45) is 10.1. The van der Waals surface area contributed by atoms with Crippen molar-refractivity contribution < 1.29 is 0 Å². The molecule has 84 valence electrons. The van der Waals surface area contributed by atoms with E-state index in [0.717, 1.165) is 11.8 Å². The summed E-state index contributed by atoms with van der Waals surface area (Å²) in [5, 5.41) is 3.55. The van der Waals surface area contributed by atoms with E-state index < -0.39 is 0 Å². The molecule has 0 radical (unpaired) electrons. The summed E-state index contributed by atoms with van der Waals surface area (Å²) in [6, 6.07) is 4.22. The third kappa shape index (κ3) is 2.03. The molecule has 1 aliphatic heterocycles. The van der Waals surface area contributed by atoms with E-state index in [1.54, 1.807) is 0 Å². The van der Waals surface area contributed by atoms with E-state index in [4.69, 9.17) is 0 Å². The van der Waals surface area contributed by atoms with Crippen LogP contribution in [0.25, 0.3) is 5.57 Å². The van der Waals surface area contributed by atoms with Crippen LogP contribution in [0.5, 0.6) is 0 Å². The first-order valence-corrected chi connectivity index (χ1v) is 6.22. The maximum Gasteiger partial charge on any atom is 0.0342 e. The summed E-state index contributed by atoms with van der Waals surface area (Å²) in [7, 11) is 0. The van der Waals surface area contributed by atoms with Gasteiger partial charge in [0.05, 0.1) is 0 Å². The Morgan fingerprint density at radius 2 is 2.19 bits per heavy atom. The number of nitrogens with one attached hydrogen (secondary N) is 1. The molecule has 0 amide bonds. The van der Waals surface area contributed by atoms with Crippen LogP contribution < -0.4 is 5.32 Å². The van der Waals surface area contributed by atoms with Gasteiger partial charge in [-0.15, -0.1) is 0 Å².